The summed E-state index contributed by atoms with van der Waals surface area (Å²) in [5.74, 6) is -0.0453. The number of anilines is 2. The first-order valence-corrected chi connectivity index (χ1v) is 9.90. The standard InChI is InChI=1S/C23H25N3O2/c1-15(2)16-7-5-8-17(13-16)24-22(27)14-26-21-12-4-3-10-20(21)25-19-11-6-9-18(19)23(26)28/h3-5,7-8,10,12-13,15,18H,6,9,11,14H2,1-2H3,(H,24,27)/t18-/m1/s1. The zero-order valence-corrected chi connectivity index (χ0v) is 16.3. The van der Waals surface area contributed by atoms with Crippen molar-refractivity contribution < 1.29 is 9.59 Å². The van der Waals surface area contributed by atoms with E-state index in [1.165, 1.54) is 0 Å². The van der Waals surface area contributed by atoms with Gasteiger partial charge in [0, 0.05) is 11.4 Å². The highest BCUT2D eigenvalue weighted by molar-refractivity contribution is 6.16. The molecule has 1 aliphatic heterocycles. The lowest BCUT2D eigenvalue weighted by Crippen LogP contribution is -2.41. The molecule has 0 saturated heterocycles. The zero-order chi connectivity index (χ0) is 19.7. The number of carbonyl (C=O) groups is 2. The zero-order valence-electron chi connectivity index (χ0n) is 16.3. The molecule has 0 unspecified atom stereocenters. The van der Waals surface area contributed by atoms with E-state index in [0.29, 0.717) is 11.6 Å². The predicted octanol–water partition coefficient (Wildman–Crippen LogP) is 4.67. The fraction of sp³-hybridized carbons (Fsp3) is 0.348. The Kier molecular flexibility index (Phi) is 4.99. The highest BCUT2D eigenvalue weighted by Crippen LogP contribution is 2.37. The van der Waals surface area contributed by atoms with E-state index in [4.69, 9.17) is 4.99 Å². The molecule has 28 heavy (non-hydrogen) atoms. The van der Waals surface area contributed by atoms with Crippen molar-refractivity contribution in [3.63, 3.8) is 0 Å². The lowest BCUT2D eigenvalue weighted by atomic mass is 10.0. The molecule has 2 aromatic carbocycles. The number of para-hydroxylation sites is 2. The molecule has 0 spiro atoms. The first-order valence-electron chi connectivity index (χ1n) is 9.90. The van der Waals surface area contributed by atoms with Crippen molar-refractivity contribution in [3.05, 3.63) is 54.1 Å². The van der Waals surface area contributed by atoms with E-state index >= 15 is 0 Å². The molecule has 1 aliphatic carbocycles. The van der Waals surface area contributed by atoms with Crippen molar-refractivity contribution in [3.8, 4) is 0 Å². The van der Waals surface area contributed by atoms with Crippen LogP contribution in [0.25, 0.3) is 0 Å². The van der Waals surface area contributed by atoms with Crippen LogP contribution in [0.2, 0.25) is 0 Å². The van der Waals surface area contributed by atoms with Gasteiger partial charge in [-0.1, -0.05) is 38.1 Å². The van der Waals surface area contributed by atoms with Crippen molar-refractivity contribution in [2.45, 2.75) is 39.0 Å². The van der Waals surface area contributed by atoms with Crippen molar-refractivity contribution in [1.29, 1.82) is 0 Å². The van der Waals surface area contributed by atoms with Gasteiger partial charge in [-0.15, -0.1) is 0 Å². The lowest BCUT2D eigenvalue weighted by Gasteiger charge is -2.24. The summed E-state index contributed by atoms with van der Waals surface area (Å²) in [7, 11) is 0. The van der Waals surface area contributed by atoms with E-state index in [1.54, 1.807) is 4.90 Å². The molecule has 0 radical (unpaired) electrons. The number of nitrogens with zero attached hydrogens (tertiary/aromatic N) is 2. The monoisotopic (exact) mass is 375 g/mol. The number of benzene rings is 2. The Labute approximate surface area is 165 Å². The van der Waals surface area contributed by atoms with Crippen LogP contribution in [0.1, 0.15) is 44.6 Å². The van der Waals surface area contributed by atoms with Crippen molar-refractivity contribution in [1.82, 2.24) is 0 Å². The van der Waals surface area contributed by atoms with Crippen molar-refractivity contribution in [2.75, 3.05) is 16.8 Å². The highest BCUT2D eigenvalue weighted by Gasteiger charge is 2.37. The number of carbonyl (C=O) groups excluding carboxylic acids is 2. The molecule has 144 valence electrons. The third kappa shape index (κ3) is 3.57. The average Bonchev–Trinajstić information content (AvgIpc) is 3.11. The van der Waals surface area contributed by atoms with Crippen LogP contribution in [0, 0.1) is 5.92 Å². The van der Waals surface area contributed by atoms with Crippen LogP contribution in [0.4, 0.5) is 17.1 Å². The van der Waals surface area contributed by atoms with Gasteiger partial charge in [-0.05, 0) is 55.0 Å². The van der Waals surface area contributed by atoms with Crippen molar-refractivity contribution in [2.24, 2.45) is 10.9 Å². The summed E-state index contributed by atoms with van der Waals surface area (Å²) >= 11 is 0. The van der Waals surface area contributed by atoms with Gasteiger partial charge in [0.25, 0.3) is 0 Å². The fourth-order valence-electron chi connectivity index (χ4n) is 3.96. The predicted molar refractivity (Wildman–Crippen MR) is 112 cm³/mol. The van der Waals surface area contributed by atoms with E-state index in [2.05, 4.69) is 19.2 Å². The molecule has 5 heteroatoms. The van der Waals surface area contributed by atoms with E-state index in [1.807, 2.05) is 48.5 Å². The maximum atomic E-state index is 13.2. The lowest BCUT2D eigenvalue weighted by molar-refractivity contribution is -0.122. The summed E-state index contributed by atoms with van der Waals surface area (Å²) in [6, 6.07) is 15.4. The summed E-state index contributed by atoms with van der Waals surface area (Å²) in [5.41, 5.74) is 4.35. The third-order valence-electron chi connectivity index (χ3n) is 5.47. The molecule has 0 aromatic heterocycles. The van der Waals surface area contributed by atoms with Crippen LogP contribution in [-0.4, -0.2) is 24.1 Å². The second kappa shape index (κ2) is 7.58. The summed E-state index contributed by atoms with van der Waals surface area (Å²) in [6.07, 6.45) is 2.63. The van der Waals surface area contributed by atoms with Crippen LogP contribution >= 0.6 is 0 Å². The van der Waals surface area contributed by atoms with Gasteiger partial charge in [0.05, 0.1) is 17.3 Å². The first kappa shape index (κ1) is 18.4. The van der Waals surface area contributed by atoms with E-state index in [9.17, 15) is 9.59 Å². The number of amides is 2. The van der Waals surface area contributed by atoms with E-state index in [-0.39, 0.29) is 24.3 Å². The van der Waals surface area contributed by atoms with Crippen LogP contribution in [-0.2, 0) is 9.59 Å². The number of rotatable bonds is 4. The Morgan fingerprint density at radius 1 is 1.21 bits per heavy atom. The fourth-order valence-corrected chi connectivity index (χ4v) is 3.96. The molecule has 5 nitrogen and oxygen atoms in total. The molecule has 0 bridgehead atoms. The largest absolute Gasteiger partial charge is 0.325 e. The van der Waals surface area contributed by atoms with Crippen molar-refractivity contribution >= 4 is 34.6 Å². The van der Waals surface area contributed by atoms with Crippen LogP contribution in [0.3, 0.4) is 0 Å². The van der Waals surface area contributed by atoms with Crippen LogP contribution < -0.4 is 10.2 Å². The molecule has 1 N–H and O–H groups in total. The molecule has 2 amide bonds. The SMILES string of the molecule is CC(C)c1cccc(NC(=O)CN2C(=O)[C@@H]3CCCC3=Nc3ccccc32)c1. The van der Waals surface area contributed by atoms with Gasteiger partial charge in [-0.25, -0.2) is 0 Å². The van der Waals surface area contributed by atoms with Gasteiger partial charge < -0.3 is 10.2 Å². The third-order valence-corrected chi connectivity index (χ3v) is 5.47. The first-order chi connectivity index (χ1) is 13.5. The van der Waals surface area contributed by atoms with Gasteiger partial charge in [0.1, 0.15) is 6.54 Å². The Morgan fingerprint density at radius 3 is 2.86 bits per heavy atom. The minimum Gasteiger partial charge on any atom is -0.325 e. The Hall–Kier alpha value is -2.95. The quantitative estimate of drug-likeness (QED) is 0.844. The van der Waals surface area contributed by atoms with E-state index in [0.717, 1.165) is 41.9 Å². The highest BCUT2D eigenvalue weighted by atomic mass is 16.2. The maximum absolute atomic E-state index is 13.2. The maximum Gasteiger partial charge on any atom is 0.244 e. The average molecular weight is 375 g/mol. The van der Waals surface area contributed by atoms with Gasteiger partial charge >= 0.3 is 0 Å². The number of hydrogen-bond acceptors (Lipinski definition) is 3. The number of fused-ring (bicyclic) bond motifs is 2. The molecule has 1 fully saturated rings. The molecular weight excluding hydrogens is 350 g/mol. The number of hydrogen-bond donors (Lipinski definition) is 1. The summed E-state index contributed by atoms with van der Waals surface area (Å²) in [5, 5.41) is 2.95. The normalized spacial score (nSPS) is 18.4. The smallest absolute Gasteiger partial charge is 0.244 e. The topological polar surface area (TPSA) is 61.8 Å². The van der Waals surface area contributed by atoms with Crippen LogP contribution in [0.15, 0.2) is 53.5 Å². The number of nitrogens with one attached hydrogen (secondary N) is 1. The second-order valence-corrected chi connectivity index (χ2v) is 7.79. The minimum absolute atomic E-state index is 0.0128. The molecule has 1 atom stereocenters. The molecule has 1 saturated carbocycles. The Balaban J connectivity index is 1.57. The van der Waals surface area contributed by atoms with E-state index < -0.39 is 0 Å². The summed E-state index contributed by atoms with van der Waals surface area (Å²) < 4.78 is 0. The number of aliphatic imine (C=N–C) groups is 1. The van der Waals surface area contributed by atoms with Gasteiger partial charge in [0.2, 0.25) is 11.8 Å². The second-order valence-electron chi connectivity index (χ2n) is 7.79. The van der Waals surface area contributed by atoms with Crippen LogP contribution in [0.5, 0.6) is 0 Å². The Morgan fingerprint density at radius 2 is 2.04 bits per heavy atom. The molecule has 2 aliphatic rings. The summed E-state index contributed by atoms with van der Waals surface area (Å²) in [4.78, 5) is 32.3. The minimum atomic E-state index is -0.204. The molecular formula is C23H25N3O2. The molecule has 2 aromatic rings. The van der Waals surface area contributed by atoms with Gasteiger partial charge in [-0.2, -0.15) is 0 Å². The molecule has 1 heterocycles. The Bertz CT molecular complexity index is 948. The van der Waals surface area contributed by atoms with Gasteiger partial charge in [0.15, 0.2) is 0 Å². The summed E-state index contributed by atoms with van der Waals surface area (Å²) in [6.45, 7) is 4.22. The molecule has 4 rings (SSSR count). The van der Waals surface area contributed by atoms with Gasteiger partial charge in [-0.3, -0.25) is 14.6 Å².